The van der Waals surface area contributed by atoms with Crippen molar-refractivity contribution in [3.8, 4) is 0 Å². The summed E-state index contributed by atoms with van der Waals surface area (Å²) in [5, 5.41) is 9.40. The highest BCUT2D eigenvalue weighted by Crippen LogP contribution is 2.39. The van der Waals surface area contributed by atoms with Crippen LogP contribution in [0.1, 0.15) is 50.2 Å². The minimum atomic E-state index is -0.455. The van der Waals surface area contributed by atoms with Crippen LogP contribution in [0.4, 0.5) is 11.4 Å². The summed E-state index contributed by atoms with van der Waals surface area (Å²) in [4.78, 5) is 40.6. The number of likely N-dealkylation sites (tertiary alicyclic amines) is 1. The van der Waals surface area contributed by atoms with Gasteiger partial charge in [-0.15, -0.1) is 0 Å². The summed E-state index contributed by atoms with van der Waals surface area (Å²) in [6.07, 6.45) is 2.19. The van der Waals surface area contributed by atoms with E-state index in [1.165, 1.54) is 7.11 Å². The van der Waals surface area contributed by atoms with E-state index in [0.717, 1.165) is 37.2 Å². The van der Waals surface area contributed by atoms with Crippen LogP contribution in [0.15, 0.2) is 66.7 Å². The molecule has 3 N–H and O–H groups in total. The van der Waals surface area contributed by atoms with Crippen molar-refractivity contribution >= 4 is 40.4 Å². The SMILES string of the molecule is COC(=O)c1cc2c(cc1C)C(=C(Nc1ccc(C(=O)NCC3CCN(C)CC3)cc1)c1ccccc1)C(=O)N2. The zero-order valence-electron chi connectivity index (χ0n) is 23.0. The summed E-state index contributed by atoms with van der Waals surface area (Å²) in [5.41, 5.74) is 5.62. The Kier molecular flexibility index (Phi) is 7.98. The van der Waals surface area contributed by atoms with Gasteiger partial charge in [-0.2, -0.15) is 0 Å². The summed E-state index contributed by atoms with van der Waals surface area (Å²) in [7, 11) is 3.46. The Morgan fingerprint density at radius 3 is 2.38 bits per heavy atom. The first-order valence-electron chi connectivity index (χ1n) is 13.5. The molecule has 0 radical (unpaired) electrons. The van der Waals surface area contributed by atoms with Gasteiger partial charge in [0.2, 0.25) is 0 Å². The number of rotatable bonds is 7. The largest absolute Gasteiger partial charge is 0.465 e. The van der Waals surface area contributed by atoms with Crippen LogP contribution in [-0.2, 0) is 9.53 Å². The fourth-order valence-corrected chi connectivity index (χ4v) is 5.24. The third-order valence-electron chi connectivity index (χ3n) is 7.63. The van der Waals surface area contributed by atoms with E-state index in [1.807, 2.05) is 55.5 Å². The smallest absolute Gasteiger partial charge is 0.338 e. The monoisotopic (exact) mass is 538 g/mol. The summed E-state index contributed by atoms with van der Waals surface area (Å²) in [6.45, 7) is 4.63. The van der Waals surface area contributed by atoms with Gasteiger partial charge in [0.15, 0.2) is 0 Å². The summed E-state index contributed by atoms with van der Waals surface area (Å²) in [5.74, 6) is -0.307. The molecule has 0 spiro atoms. The molecule has 0 atom stereocenters. The number of benzene rings is 3. The van der Waals surface area contributed by atoms with Crippen molar-refractivity contribution in [1.29, 1.82) is 0 Å². The van der Waals surface area contributed by atoms with Crippen molar-refractivity contribution in [1.82, 2.24) is 10.2 Å². The predicted molar refractivity (Wildman–Crippen MR) is 157 cm³/mol. The molecule has 2 heterocycles. The van der Waals surface area contributed by atoms with Gasteiger partial charge in [0.05, 0.1) is 29.6 Å². The van der Waals surface area contributed by atoms with Gasteiger partial charge in [-0.3, -0.25) is 9.59 Å². The number of ether oxygens (including phenoxy) is 1. The fraction of sp³-hybridized carbons (Fsp3) is 0.281. The first kappa shape index (κ1) is 27.1. The standard InChI is InChI=1S/C32H34N4O4/c1-20-17-26-27(18-25(20)32(39)40-3)35-31(38)28(26)29(22-7-5-4-6-8-22)34-24-11-9-23(10-12-24)30(37)33-19-21-13-15-36(2)16-14-21/h4-12,17-18,21,34H,13-16,19H2,1-3H3,(H,33,37)(H,35,38). The first-order chi connectivity index (χ1) is 19.3. The van der Waals surface area contributed by atoms with Crippen molar-refractivity contribution in [2.75, 3.05) is 44.4 Å². The van der Waals surface area contributed by atoms with Gasteiger partial charge in [0, 0.05) is 23.4 Å². The number of anilines is 2. The molecule has 2 aliphatic rings. The van der Waals surface area contributed by atoms with E-state index >= 15 is 0 Å². The maximum absolute atomic E-state index is 13.3. The van der Waals surface area contributed by atoms with Gasteiger partial charge in [0.1, 0.15) is 0 Å². The van der Waals surface area contributed by atoms with E-state index in [9.17, 15) is 14.4 Å². The third-order valence-corrected chi connectivity index (χ3v) is 7.63. The van der Waals surface area contributed by atoms with Gasteiger partial charge in [0.25, 0.3) is 11.8 Å². The van der Waals surface area contributed by atoms with Crippen LogP contribution in [0.5, 0.6) is 0 Å². The fourth-order valence-electron chi connectivity index (χ4n) is 5.24. The van der Waals surface area contributed by atoms with Gasteiger partial charge < -0.3 is 25.6 Å². The molecule has 206 valence electrons. The van der Waals surface area contributed by atoms with Crippen LogP contribution in [0.3, 0.4) is 0 Å². The van der Waals surface area contributed by atoms with E-state index in [1.54, 1.807) is 18.2 Å². The molecule has 1 saturated heterocycles. The average Bonchev–Trinajstić information content (AvgIpc) is 3.29. The summed E-state index contributed by atoms with van der Waals surface area (Å²) >= 11 is 0. The lowest BCUT2D eigenvalue weighted by Gasteiger charge is -2.28. The molecule has 8 heteroatoms. The predicted octanol–water partition coefficient (Wildman–Crippen LogP) is 4.79. The maximum atomic E-state index is 13.3. The number of nitrogens with one attached hydrogen (secondary N) is 3. The number of carbonyl (C=O) groups is 3. The molecule has 0 aliphatic carbocycles. The molecule has 0 unspecified atom stereocenters. The van der Waals surface area contributed by atoms with Crippen LogP contribution in [-0.4, -0.2) is 56.5 Å². The molecule has 3 aromatic rings. The third kappa shape index (κ3) is 5.77. The summed E-state index contributed by atoms with van der Waals surface area (Å²) in [6, 6.07) is 20.3. The maximum Gasteiger partial charge on any atom is 0.338 e. The van der Waals surface area contributed by atoms with Crippen LogP contribution in [0.2, 0.25) is 0 Å². The van der Waals surface area contributed by atoms with Gasteiger partial charge in [-0.1, -0.05) is 30.3 Å². The molecule has 1 fully saturated rings. The molecular formula is C32H34N4O4. The second kappa shape index (κ2) is 11.8. The van der Waals surface area contributed by atoms with Crippen molar-refractivity contribution in [3.63, 3.8) is 0 Å². The van der Waals surface area contributed by atoms with Crippen molar-refractivity contribution < 1.29 is 19.1 Å². The highest BCUT2D eigenvalue weighted by atomic mass is 16.5. The zero-order chi connectivity index (χ0) is 28.2. The van der Waals surface area contributed by atoms with Gasteiger partial charge >= 0.3 is 5.97 Å². The second-order valence-corrected chi connectivity index (χ2v) is 10.4. The number of hydrogen-bond donors (Lipinski definition) is 3. The van der Waals surface area contributed by atoms with E-state index in [4.69, 9.17) is 4.74 Å². The minimum Gasteiger partial charge on any atom is -0.465 e. The lowest BCUT2D eigenvalue weighted by atomic mass is 9.96. The number of nitrogens with zero attached hydrogens (tertiary/aromatic N) is 1. The van der Waals surface area contributed by atoms with Crippen molar-refractivity contribution in [3.05, 3.63) is 94.5 Å². The quantitative estimate of drug-likeness (QED) is 0.296. The minimum absolute atomic E-state index is 0.0897. The van der Waals surface area contributed by atoms with Gasteiger partial charge in [-0.05, 0) is 93.3 Å². The Labute approximate surface area is 234 Å². The van der Waals surface area contributed by atoms with Crippen molar-refractivity contribution in [2.24, 2.45) is 5.92 Å². The lowest BCUT2D eigenvalue weighted by molar-refractivity contribution is -0.110. The number of hydrogen-bond acceptors (Lipinski definition) is 6. The molecule has 2 amide bonds. The molecule has 3 aromatic carbocycles. The molecule has 5 rings (SSSR count). The Morgan fingerprint density at radius 2 is 1.70 bits per heavy atom. The molecule has 0 saturated carbocycles. The van der Waals surface area contributed by atoms with E-state index in [0.29, 0.717) is 51.7 Å². The summed E-state index contributed by atoms with van der Waals surface area (Å²) < 4.78 is 4.90. The lowest BCUT2D eigenvalue weighted by Crippen LogP contribution is -2.36. The second-order valence-electron chi connectivity index (χ2n) is 10.4. The van der Waals surface area contributed by atoms with Crippen LogP contribution in [0, 0.1) is 12.8 Å². The van der Waals surface area contributed by atoms with Crippen LogP contribution in [0.25, 0.3) is 11.3 Å². The molecule has 8 nitrogen and oxygen atoms in total. The molecule has 0 aromatic heterocycles. The topological polar surface area (TPSA) is 99.8 Å². The van der Waals surface area contributed by atoms with E-state index < -0.39 is 5.97 Å². The highest BCUT2D eigenvalue weighted by molar-refractivity contribution is 6.37. The van der Waals surface area contributed by atoms with Crippen molar-refractivity contribution in [2.45, 2.75) is 19.8 Å². The highest BCUT2D eigenvalue weighted by Gasteiger charge is 2.30. The Bertz CT molecular complexity index is 1460. The number of carbonyl (C=O) groups excluding carboxylic acids is 3. The number of methoxy groups -OCH3 is 1. The van der Waals surface area contributed by atoms with E-state index in [-0.39, 0.29) is 11.8 Å². The Morgan fingerprint density at radius 1 is 1.00 bits per heavy atom. The molecule has 0 bridgehead atoms. The van der Waals surface area contributed by atoms with Crippen LogP contribution < -0.4 is 16.0 Å². The number of esters is 1. The normalized spacial score (nSPS) is 16.6. The van der Waals surface area contributed by atoms with Crippen LogP contribution >= 0.6 is 0 Å². The van der Waals surface area contributed by atoms with E-state index in [2.05, 4.69) is 27.9 Å². The number of fused-ring (bicyclic) bond motifs is 1. The van der Waals surface area contributed by atoms with Gasteiger partial charge in [-0.25, -0.2) is 4.79 Å². The first-order valence-corrected chi connectivity index (χ1v) is 13.5. The zero-order valence-corrected chi connectivity index (χ0v) is 23.0. The molecular weight excluding hydrogens is 504 g/mol. The Balaban J connectivity index is 1.41. The molecule has 40 heavy (non-hydrogen) atoms. The average molecular weight is 539 g/mol. The number of amides is 2. The number of aryl methyl sites for hydroxylation is 1. The molecule has 2 aliphatic heterocycles. The number of piperidine rings is 1. The Hall–Kier alpha value is -4.43.